The van der Waals surface area contributed by atoms with Crippen molar-refractivity contribution in [3.05, 3.63) is 95.3 Å². The van der Waals surface area contributed by atoms with Crippen LogP contribution in [0.5, 0.6) is 11.5 Å². The Morgan fingerprint density at radius 3 is 2.42 bits per heavy atom. The number of esters is 1. The minimum atomic E-state index is -0.387. The van der Waals surface area contributed by atoms with Gasteiger partial charge in [-0.15, -0.1) is 10.2 Å². The SMILES string of the molecule is COC(=O)c1ccc(COc2ccc(/C=C(/C#N)c3nnc(-c4ccccc4)n3C)cc2OC)cc1. The number of nitrogens with zero attached hydrogens (tertiary/aromatic N) is 4. The van der Waals surface area contributed by atoms with Crippen molar-refractivity contribution in [1.82, 2.24) is 14.8 Å². The molecule has 8 nitrogen and oxygen atoms in total. The van der Waals surface area contributed by atoms with E-state index in [-0.39, 0.29) is 12.6 Å². The molecule has 0 radical (unpaired) electrons. The summed E-state index contributed by atoms with van der Waals surface area (Å²) in [7, 11) is 4.73. The molecule has 180 valence electrons. The van der Waals surface area contributed by atoms with E-state index in [9.17, 15) is 10.1 Å². The van der Waals surface area contributed by atoms with Crippen molar-refractivity contribution in [2.45, 2.75) is 6.61 Å². The van der Waals surface area contributed by atoms with Crippen LogP contribution in [-0.2, 0) is 18.4 Å². The Morgan fingerprint density at radius 1 is 1.00 bits per heavy atom. The van der Waals surface area contributed by atoms with Gasteiger partial charge in [-0.1, -0.05) is 48.5 Å². The monoisotopic (exact) mass is 480 g/mol. The summed E-state index contributed by atoms with van der Waals surface area (Å²) in [5.74, 6) is 1.83. The third-order valence-corrected chi connectivity index (χ3v) is 5.54. The van der Waals surface area contributed by atoms with Gasteiger partial charge in [0, 0.05) is 12.6 Å². The second-order valence-corrected chi connectivity index (χ2v) is 7.83. The Kier molecular flexibility index (Phi) is 7.42. The number of methoxy groups -OCH3 is 2. The molecular formula is C28H24N4O4. The lowest BCUT2D eigenvalue weighted by molar-refractivity contribution is 0.0600. The van der Waals surface area contributed by atoms with E-state index >= 15 is 0 Å². The molecule has 0 bridgehead atoms. The topological polar surface area (TPSA) is 99.3 Å². The number of rotatable bonds is 8. The van der Waals surface area contributed by atoms with Crippen molar-refractivity contribution < 1.29 is 19.0 Å². The molecule has 0 saturated carbocycles. The number of carbonyl (C=O) groups excluding carboxylic acids is 1. The number of allylic oxidation sites excluding steroid dienone is 1. The molecule has 0 amide bonds. The lowest BCUT2D eigenvalue weighted by atomic mass is 10.1. The smallest absolute Gasteiger partial charge is 0.337 e. The maximum Gasteiger partial charge on any atom is 0.337 e. The molecule has 1 heterocycles. The molecule has 0 aliphatic carbocycles. The average Bonchev–Trinajstić information content (AvgIpc) is 3.32. The molecule has 0 fully saturated rings. The molecule has 4 rings (SSSR count). The van der Waals surface area contributed by atoms with Gasteiger partial charge in [0.15, 0.2) is 23.1 Å². The van der Waals surface area contributed by atoms with Crippen LogP contribution in [0.15, 0.2) is 72.8 Å². The Morgan fingerprint density at radius 2 is 1.75 bits per heavy atom. The summed E-state index contributed by atoms with van der Waals surface area (Å²) in [6, 6.07) is 24.3. The first-order chi connectivity index (χ1) is 17.5. The summed E-state index contributed by atoms with van der Waals surface area (Å²) in [5.41, 5.74) is 3.40. The molecule has 36 heavy (non-hydrogen) atoms. The molecule has 0 aliphatic heterocycles. The highest BCUT2D eigenvalue weighted by atomic mass is 16.5. The summed E-state index contributed by atoms with van der Waals surface area (Å²) in [4.78, 5) is 11.6. The number of ether oxygens (including phenoxy) is 3. The van der Waals surface area contributed by atoms with Crippen LogP contribution in [0.4, 0.5) is 0 Å². The molecule has 4 aromatic rings. The maximum atomic E-state index is 11.6. The number of aromatic nitrogens is 3. The van der Waals surface area contributed by atoms with Gasteiger partial charge in [-0.3, -0.25) is 0 Å². The van der Waals surface area contributed by atoms with Gasteiger partial charge < -0.3 is 18.8 Å². The lowest BCUT2D eigenvalue weighted by Crippen LogP contribution is -2.02. The Labute approximate surface area is 209 Å². The van der Waals surface area contributed by atoms with Crippen molar-refractivity contribution in [3.8, 4) is 29.0 Å². The van der Waals surface area contributed by atoms with Gasteiger partial charge in [-0.25, -0.2) is 4.79 Å². The lowest BCUT2D eigenvalue weighted by Gasteiger charge is -2.12. The number of nitriles is 1. The zero-order valence-electron chi connectivity index (χ0n) is 20.1. The van der Waals surface area contributed by atoms with Crippen molar-refractivity contribution in [2.75, 3.05) is 14.2 Å². The van der Waals surface area contributed by atoms with E-state index in [2.05, 4.69) is 16.3 Å². The fraction of sp³-hybridized carbons (Fsp3) is 0.143. The van der Waals surface area contributed by atoms with Crippen molar-refractivity contribution in [3.63, 3.8) is 0 Å². The number of hydrogen-bond acceptors (Lipinski definition) is 7. The van der Waals surface area contributed by atoms with Crippen LogP contribution in [0.1, 0.15) is 27.3 Å². The summed E-state index contributed by atoms with van der Waals surface area (Å²) in [5, 5.41) is 18.3. The number of hydrogen-bond donors (Lipinski definition) is 0. The van der Waals surface area contributed by atoms with E-state index in [4.69, 9.17) is 14.2 Å². The van der Waals surface area contributed by atoms with E-state index in [1.165, 1.54) is 7.11 Å². The van der Waals surface area contributed by atoms with Crippen LogP contribution < -0.4 is 9.47 Å². The normalized spacial score (nSPS) is 11.0. The Balaban J connectivity index is 1.53. The third-order valence-electron chi connectivity index (χ3n) is 5.54. The summed E-state index contributed by atoms with van der Waals surface area (Å²) in [6.45, 7) is 0.289. The van der Waals surface area contributed by atoms with E-state index < -0.39 is 0 Å². The Hall–Kier alpha value is -4.90. The minimum absolute atomic E-state index is 0.289. The molecule has 3 aromatic carbocycles. The summed E-state index contributed by atoms with van der Waals surface area (Å²) >= 11 is 0. The highest BCUT2D eigenvalue weighted by molar-refractivity contribution is 5.89. The van der Waals surface area contributed by atoms with E-state index in [1.54, 1.807) is 54.2 Å². The van der Waals surface area contributed by atoms with Crippen LogP contribution in [0, 0.1) is 11.3 Å². The fourth-order valence-electron chi connectivity index (χ4n) is 3.63. The molecule has 0 N–H and O–H groups in total. The first kappa shape index (κ1) is 24.2. The van der Waals surface area contributed by atoms with Gasteiger partial charge in [-0.05, 0) is 41.5 Å². The fourth-order valence-corrected chi connectivity index (χ4v) is 3.63. The van der Waals surface area contributed by atoms with Crippen LogP contribution >= 0.6 is 0 Å². The molecule has 8 heteroatoms. The molecule has 0 unspecified atom stereocenters. The summed E-state index contributed by atoms with van der Waals surface area (Å²) in [6.07, 6.45) is 1.73. The Bertz CT molecular complexity index is 1430. The van der Waals surface area contributed by atoms with Crippen LogP contribution in [-0.4, -0.2) is 35.0 Å². The van der Waals surface area contributed by atoms with Gasteiger partial charge in [0.05, 0.1) is 25.4 Å². The van der Waals surface area contributed by atoms with E-state index in [0.29, 0.717) is 34.3 Å². The second-order valence-electron chi connectivity index (χ2n) is 7.83. The van der Waals surface area contributed by atoms with Gasteiger partial charge in [0.25, 0.3) is 0 Å². The van der Waals surface area contributed by atoms with Crippen LogP contribution in [0.3, 0.4) is 0 Å². The average molecular weight is 481 g/mol. The quantitative estimate of drug-likeness (QED) is 0.261. The van der Waals surface area contributed by atoms with E-state index in [0.717, 1.165) is 16.7 Å². The molecule has 0 saturated heterocycles. The standard InChI is InChI=1S/C28H24N4O4/c1-32-26(21-7-5-4-6-8-21)30-31-27(32)23(17-29)15-20-11-14-24(25(16-20)34-2)36-18-19-9-12-22(13-10-19)28(33)35-3/h4-16H,18H2,1-3H3/b23-15-. The zero-order valence-corrected chi connectivity index (χ0v) is 20.1. The zero-order chi connectivity index (χ0) is 25.5. The van der Waals surface area contributed by atoms with E-state index in [1.807, 2.05) is 43.4 Å². The number of carbonyl (C=O) groups is 1. The second kappa shape index (κ2) is 11.0. The third kappa shape index (κ3) is 5.26. The van der Waals surface area contributed by atoms with Gasteiger partial charge in [0.1, 0.15) is 12.7 Å². The first-order valence-corrected chi connectivity index (χ1v) is 11.1. The van der Waals surface area contributed by atoms with Crippen LogP contribution in [0.2, 0.25) is 0 Å². The van der Waals surface area contributed by atoms with Gasteiger partial charge in [-0.2, -0.15) is 5.26 Å². The predicted molar refractivity (Wildman–Crippen MR) is 135 cm³/mol. The van der Waals surface area contributed by atoms with Crippen molar-refractivity contribution in [1.29, 1.82) is 5.26 Å². The number of benzene rings is 3. The van der Waals surface area contributed by atoms with Crippen molar-refractivity contribution >= 4 is 17.6 Å². The highest BCUT2D eigenvalue weighted by Gasteiger charge is 2.15. The highest BCUT2D eigenvalue weighted by Crippen LogP contribution is 2.31. The molecule has 0 spiro atoms. The molecule has 0 aliphatic rings. The molecular weight excluding hydrogens is 456 g/mol. The summed E-state index contributed by atoms with van der Waals surface area (Å²) < 4.78 is 18.0. The first-order valence-electron chi connectivity index (χ1n) is 11.1. The maximum absolute atomic E-state index is 11.6. The van der Waals surface area contributed by atoms with Gasteiger partial charge in [0.2, 0.25) is 0 Å². The van der Waals surface area contributed by atoms with Gasteiger partial charge >= 0.3 is 5.97 Å². The minimum Gasteiger partial charge on any atom is -0.493 e. The molecule has 0 atom stereocenters. The van der Waals surface area contributed by atoms with Crippen molar-refractivity contribution in [2.24, 2.45) is 7.05 Å². The van der Waals surface area contributed by atoms with Crippen LogP contribution in [0.25, 0.3) is 23.0 Å². The molecule has 1 aromatic heterocycles. The largest absolute Gasteiger partial charge is 0.493 e. The predicted octanol–water partition coefficient (Wildman–Crippen LogP) is 4.92.